The average Bonchev–Trinajstić information content (AvgIpc) is 2.48. The van der Waals surface area contributed by atoms with Crippen molar-refractivity contribution in [2.45, 2.75) is 19.9 Å². The Morgan fingerprint density at radius 3 is 2.05 bits per heavy atom. The van der Waals surface area contributed by atoms with Crippen LogP contribution in [0.15, 0.2) is 54.6 Å². The van der Waals surface area contributed by atoms with Gasteiger partial charge in [-0.1, -0.05) is 49.4 Å². The number of anilines is 1. The molecule has 0 aromatic heterocycles. The van der Waals surface area contributed by atoms with E-state index in [-0.39, 0.29) is 17.9 Å². The van der Waals surface area contributed by atoms with Crippen molar-refractivity contribution >= 4 is 11.6 Å². The van der Waals surface area contributed by atoms with Crippen molar-refractivity contribution in [3.63, 3.8) is 0 Å². The monoisotopic (exact) mass is 268 g/mol. The summed E-state index contributed by atoms with van der Waals surface area (Å²) in [7, 11) is 0. The molecule has 0 bridgehead atoms. The van der Waals surface area contributed by atoms with Crippen LogP contribution in [0.2, 0.25) is 0 Å². The molecule has 0 spiro atoms. The van der Waals surface area contributed by atoms with Gasteiger partial charge in [0.15, 0.2) is 0 Å². The second-order valence-electron chi connectivity index (χ2n) is 5.08. The van der Waals surface area contributed by atoms with Gasteiger partial charge in [0.2, 0.25) is 5.91 Å². The van der Waals surface area contributed by atoms with Crippen molar-refractivity contribution in [1.82, 2.24) is 0 Å². The minimum absolute atomic E-state index is 0.0486. The lowest BCUT2D eigenvalue weighted by Gasteiger charge is -2.15. The molecule has 0 aliphatic heterocycles. The lowest BCUT2D eigenvalue weighted by atomic mass is 10.0. The molecule has 3 heteroatoms. The van der Waals surface area contributed by atoms with Crippen LogP contribution in [0.5, 0.6) is 0 Å². The van der Waals surface area contributed by atoms with E-state index in [2.05, 4.69) is 17.4 Å². The third kappa shape index (κ3) is 3.45. The molecule has 3 nitrogen and oxygen atoms in total. The topological polar surface area (TPSA) is 55.1 Å². The van der Waals surface area contributed by atoms with Gasteiger partial charge in [0, 0.05) is 11.7 Å². The Labute approximate surface area is 119 Å². The van der Waals surface area contributed by atoms with E-state index in [0.717, 1.165) is 16.8 Å². The molecule has 20 heavy (non-hydrogen) atoms. The predicted octanol–water partition coefficient (Wildman–Crippen LogP) is 3.28. The fourth-order valence-electron chi connectivity index (χ4n) is 1.87. The van der Waals surface area contributed by atoms with E-state index in [9.17, 15) is 4.79 Å². The van der Waals surface area contributed by atoms with Crippen LogP contribution >= 0.6 is 0 Å². The molecule has 0 heterocycles. The highest BCUT2D eigenvalue weighted by Gasteiger charge is 2.16. The molecule has 2 aromatic carbocycles. The van der Waals surface area contributed by atoms with Crippen molar-refractivity contribution in [1.29, 1.82) is 0 Å². The minimum Gasteiger partial charge on any atom is -0.327 e. The molecular weight excluding hydrogens is 248 g/mol. The predicted molar refractivity (Wildman–Crippen MR) is 83.3 cm³/mol. The Kier molecular flexibility index (Phi) is 4.53. The van der Waals surface area contributed by atoms with Crippen molar-refractivity contribution in [2.75, 3.05) is 5.32 Å². The van der Waals surface area contributed by atoms with E-state index in [1.54, 1.807) is 0 Å². The Morgan fingerprint density at radius 1 is 0.950 bits per heavy atom. The van der Waals surface area contributed by atoms with Crippen LogP contribution in [-0.4, -0.2) is 11.9 Å². The van der Waals surface area contributed by atoms with Crippen molar-refractivity contribution < 1.29 is 4.79 Å². The van der Waals surface area contributed by atoms with Crippen molar-refractivity contribution in [3.8, 4) is 11.1 Å². The number of rotatable bonds is 4. The summed E-state index contributed by atoms with van der Waals surface area (Å²) in [6.45, 7) is 3.67. The number of hydrogen-bond acceptors (Lipinski definition) is 2. The molecule has 0 fully saturated rings. The van der Waals surface area contributed by atoms with Crippen molar-refractivity contribution in [3.05, 3.63) is 54.6 Å². The van der Waals surface area contributed by atoms with E-state index in [4.69, 9.17) is 5.73 Å². The SMILES string of the molecule is CC(N)C(C)C(=O)Nc1ccc(-c2ccccc2)cc1. The molecule has 2 aromatic rings. The molecule has 2 atom stereocenters. The maximum Gasteiger partial charge on any atom is 0.228 e. The van der Waals surface area contributed by atoms with Gasteiger partial charge >= 0.3 is 0 Å². The molecule has 2 rings (SSSR count). The summed E-state index contributed by atoms with van der Waals surface area (Å²) in [6.07, 6.45) is 0. The van der Waals surface area contributed by atoms with Gasteiger partial charge in [0.05, 0.1) is 5.92 Å². The number of nitrogens with one attached hydrogen (secondary N) is 1. The maximum atomic E-state index is 11.9. The minimum atomic E-state index is -0.205. The first-order valence-corrected chi connectivity index (χ1v) is 6.80. The van der Waals surface area contributed by atoms with Gasteiger partial charge in [-0.05, 0) is 30.2 Å². The first-order valence-electron chi connectivity index (χ1n) is 6.80. The standard InChI is InChI=1S/C17H20N2O/c1-12(13(2)18)17(20)19-16-10-8-15(9-11-16)14-6-4-3-5-7-14/h3-13H,18H2,1-2H3,(H,19,20). The summed E-state index contributed by atoms with van der Waals surface area (Å²) < 4.78 is 0. The molecule has 0 aliphatic rings. The lowest BCUT2D eigenvalue weighted by molar-refractivity contribution is -0.119. The highest BCUT2D eigenvalue weighted by molar-refractivity contribution is 5.93. The van der Waals surface area contributed by atoms with E-state index in [1.807, 2.05) is 56.3 Å². The van der Waals surface area contributed by atoms with Gasteiger partial charge in [-0.2, -0.15) is 0 Å². The maximum absolute atomic E-state index is 11.9. The molecule has 0 saturated heterocycles. The second kappa shape index (κ2) is 6.35. The van der Waals surface area contributed by atoms with E-state index < -0.39 is 0 Å². The average molecular weight is 268 g/mol. The van der Waals surface area contributed by atoms with E-state index in [0.29, 0.717) is 0 Å². The van der Waals surface area contributed by atoms with Crippen LogP contribution in [0.1, 0.15) is 13.8 Å². The van der Waals surface area contributed by atoms with Crippen molar-refractivity contribution in [2.24, 2.45) is 11.7 Å². The number of nitrogens with two attached hydrogens (primary N) is 1. The summed E-state index contributed by atoms with van der Waals surface area (Å²) >= 11 is 0. The van der Waals surface area contributed by atoms with Gasteiger partial charge in [0.1, 0.15) is 0 Å². The molecule has 3 N–H and O–H groups in total. The normalized spacial score (nSPS) is 13.6. The summed E-state index contributed by atoms with van der Waals surface area (Å²) in [4.78, 5) is 11.9. The Morgan fingerprint density at radius 2 is 1.50 bits per heavy atom. The zero-order valence-electron chi connectivity index (χ0n) is 11.8. The van der Waals surface area contributed by atoms with E-state index in [1.165, 1.54) is 0 Å². The van der Waals surface area contributed by atoms with Crippen LogP contribution in [-0.2, 0) is 4.79 Å². The van der Waals surface area contributed by atoms with Gasteiger partial charge in [-0.3, -0.25) is 4.79 Å². The van der Waals surface area contributed by atoms with Gasteiger partial charge in [-0.15, -0.1) is 0 Å². The smallest absolute Gasteiger partial charge is 0.228 e. The van der Waals surface area contributed by atoms with Crippen LogP contribution in [0.4, 0.5) is 5.69 Å². The highest BCUT2D eigenvalue weighted by atomic mass is 16.1. The van der Waals surface area contributed by atoms with Crippen LogP contribution in [0, 0.1) is 5.92 Å². The van der Waals surface area contributed by atoms with Crippen LogP contribution in [0.3, 0.4) is 0 Å². The van der Waals surface area contributed by atoms with Crippen LogP contribution < -0.4 is 11.1 Å². The number of benzene rings is 2. The molecular formula is C17H20N2O. The summed E-state index contributed by atoms with van der Waals surface area (Å²) in [5, 5.41) is 2.88. The Hall–Kier alpha value is -2.13. The summed E-state index contributed by atoms with van der Waals surface area (Å²) in [6, 6.07) is 17.8. The van der Waals surface area contributed by atoms with Crippen LogP contribution in [0.25, 0.3) is 11.1 Å². The number of carbonyl (C=O) groups is 1. The fraction of sp³-hybridized carbons (Fsp3) is 0.235. The highest BCUT2D eigenvalue weighted by Crippen LogP contribution is 2.21. The summed E-state index contributed by atoms with van der Waals surface area (Å²) in [5.74, 6) is -0.253. The summed E-state index contributed by atoms with van der Waals surface area (Å²) in [5.41, 5.74) is 8.81. The van der Waals surface area contributed by atoms with Gasteiger partial charge in [-0.25, -0.2) is 0 Å². The molecule has 2 unspecified atom stereocenters. The first kappa shape index (κ1) is 14.3. The number of amides is 1. The fourth-order valence-corrected chi connectivity index (χ4v) is 1.87. The quantitative estimate of drug-likeness (QED) is 0.894. The molecule has 0 radical (unpaired) electrons. The molecule has 1 amide bonds. The van der Waals surface area contributed by atoms with E-state index >= 15 is 0 Å². The third-order valence-corrected chi connectivity index (χ3v) is 3.46. The molecule has 0 aliphatic carbocycles. The molecule has 0 saturated carbocycles. The molecule has 104 valence electrons. The first-order chi connectivity index (χ1) is 9.58. The third-order valence-electron chi connectivity index (χ3n) is 3.46. The largest absolute Gasteiger partial charge is 0.327 e. The lowest BCUT2D eigenvalue weighted by Crippen LogP contribution is -2.34. The van der Waals surface area contributed by atoms with Gasteiger partial charge in [0.25, 0.3) is 0 Å². The Bertz CT molecular complexity index is 561. The second-order valence-corrected chi connectivity index (χ2v) is 5.08. The zero-order valence-corrected chi connectivity index (χ0v) is 11.8. The zero-order chi connectivity index (χ0) is 14.5. The number of hydrogen-bond donors (Lipinski definition) is 2. The van der Waals surface area contributed by atoms with Gasteiger partial charge < -0.3 is 11.1 Å². The number of carbonyl (C=O) groups excluding carboxylic acids is 1. The Balaban J connectivity index is 2.08.